The van der Waals surface area contributed by atoms with Crippen molar-refractivity contribution in [3.8, 4) is 0 Å². The van der Waals surface area contributed by atoms with Gasteiger partial charge in [0, 0.05) is 18.5 Å². The Hall–Kier alpha value is -0.610. The first-order chi connectivity index (χ1) is 7.22. The van der Waals surface area contributed by atoms with Gasteiger partial charge in [-0.3, -0.25) is 4.79 Å². The van der Waals surface area contributed by atoms with Gasteiger partial charge in [-0.05, 0) is 25.7 Å². The van der Waals surface area contributed by atoms with Crippen molar-refractivity contribution in [3.05, 3.63) is 0 Å². The number of carbonyl (C=O) groups excluding carboxylic acids is 1. The molecule has 0 radical (unpaired) electrons. The number of nitrogens with one attached hydrogen (secondary N) is 1. The predicted octanol–water partition coefficient (Wildman–Crippen LogP) is 0.0189. The number of rotatable bonds is 1. The molecule has 1 amide bonds. The molecule has 3 saturated heterocycles. The standard InChI is InChI=1S/C11H18N2O2/c12-10(14)8-5-13-6-11(8)4-3-7-1-2-9(11)15-7/h7-9,13H,1-6H2,(H2,12,14). The minimum atomic E-state index is -0.158. The highest BCUT2D eigenvalue weighted by atomic mass is 16.5. The second-order valence-corrected chi connectivity index (χ2v) is 5.18. The largest absolute Gasteiger partial charge is 0.374 e. The first-order valence-corrected chi connectivity index (χ1v) is 5.88. The second kappa shape index (κ2) is 3.19. The summed E-state index contributed by atoms with van der Waals surface area (Å²) >= 11 is 0. The number of nitrogens with two attached hydrogens (primary N) is 1. The van der Waals surface area contributed by atoms with Gasteiger partial charge in [0.05, 0.1) is 18.1 Å². The summed E-state index contributed by atoms with van der Waals surface area (Å²) in [5.41, 5.74) is 5.51. The average Bonchev–Trinajstić information content (AvgIpc) is 2.76. The zero-order valence-electron chi connectivity index (χ0n) is 8.87. The third kappa shape index (κ3) is 1.24. The van der Waals surface area contributed by atoms with Crippen molar-refractivity contribution in [1.29, 1.82) is 0 Å². The van der Waals surface area contributed by atoms with Crippen LogP contribution < -0.4 is 11.1 Å². The number of fused-ring (bicyclic) bond motifs is 3. The minimum absolute atomic E-state index is 0.0127. The summed E-state index contributed by atoms with van der Waals surface area (Å²) in [6.07, 6.45) is 5.19. The van der Waals surface area contributed by atoms with Crippen LogP contribution in [0.4, 0.5) is 0 Å². The number of primary amides is 1. The van der Waals surface area contributed by atoms with Crippen LogP contribution in [0.3, 0.4) is 0 Å². The lowest BCUT2D eigenvalue weighted by molar-refractivity contribution is -0.136. The topological polar surface area (TPSA) is 64.4 Å². The molecule has 3 rings (SSSR count). The van der Waals surface area contributed by atoms with E-state index in [0.29, 0.717) is 6.10 Å². The Morgan fingerprint density at radius 1 is 1.40 bits per heavy atom. The van der Waals surface area contributed by atoms with E-state index < -0.39 is 0 Å². The number of carbonyl (C=O) groups is 1. The highest BCUT2D eigenvalue weighted by Crippen LogP contribution is 2.50. The van der Waals surface area contributed by atoms with E-state index in [0.717, 1.165) is 38.8 Å². The van der Waals surface area contributed by atoms with Gasteiger partial charge >= 0.3 is 0 Å². The molecular weight excluding hydrogens is 192 g/mol. The van der Waals surface area contributed by atoms with Crippen LogP contribution in [0.25, 0.3) is 0 Å². The van der Waals surface area contributed by atoms with E-state index in [1.54, 1.807) is 0 Å². The fourth-order valence-corrected chi connectivity index (χ4v) is 3.69. The Morgan fingerprint density at radius 2 is 2.27 bits per heavy atom. The summed E-state index contributed by atoms with van der Waals surface area (Å²) in [7, 11) is 0. The van der Waals surface area contributed by atoms with E-state index in [-0.39, 0.29) is 23.3 Å². The maximum absolute atomic E-state index is 11.5. The minimum Gasteiger partial charge on any atom is -0.374 e. The zero-order chi connectivity index (χ0) is 10.5. The van der Waals surface area contributed by atoms with E-state index in [2.05, 4.69) is 5.32 Å². The molecule has 0 aliphatic carbocycles. The summed E-state index contributed by atoms with van der Waals surface area (Å²) in [6.45, 7) is 1.64. The van der Waals surface area contributed by atoms with Crippen LogP contribution in [-0.2, 0) is 9.53 Å². The highest BCUT2D eigenvalue weighted by molar-refractivity contribution is 5.78. The molecule has 0 aromatic rings. The molecule has 3 aliphatic heterocycles. The molecule has 0 aromatic heterocycles. The van der Waals surface area contributed by atoms with Crippen LogP contribution >= 0.6 is 0 Å². The molecule has 4 heteroatoms. The molecule has 0 saturated carbocycles. The van der Waals surface area contributed by atoms with Gasteiger partial charge in [-0.1, -0.05) is 0 Å². The smallest absolute Gasteiger partial charge is 0.222 e. The number of hydrogen-bond donors (Lipinski definition) is 2. The van der Waals surface area contributed by atoms with E-state index >= 15 is 0 Å². The van der Waals surface area contributed by atoms with E-state index in [9.17, 15) is 4.79 Å². The molecule has 2 bridgehead atoms. The second-order valence-electron chi connectivity index (χ2n) is 5.18. The summed E-state index contributed by atoms with van der Waals surface area (Å²) in [5, 5.41) is 3.32. The summed E-state index contributed by atoms with van der Waals surface area (Å²) in [6, 6.07) is 0. The van der Waals surface area contributed by atoms with Crippen molar-refractivity contribution >= 4 is 5.91 Å². The maximum atomic E-state index is 11.5. The van der Waals surface area contributed by atoms with Gasteiger partial charge in [-0.2, -0.15) is 0 Å². The molecule has 3 heterocycles. The van der Waals surface area contributed by atoms with Crippen LogP contribution in [-0.4, -0.2) is 31.2 Å². The van der Waals surface area contributed by atoms with Crippen molar-refractivity contribution in [2.24, 2.45) is 17.1 Å². The molecule has 3 N–H and O–H groups in total. The normalized spacial score (nSPS) is 48.7. The predicted molar refractivity (Wildman–Crippen MR) is 55.1 cm³/mol. The quantitative estimate of drug-likeness (QED) is 0.641. The molecule has 15 heavy (non-hydrogen) atoms. The molecule has 3 aliphatic rings. The Labute approximate surface area is 89.5 Å². The van der Waals surface area contributed by atoms with E-state index in [1.165, 1.54) is 0 Å². The molecule has 84 valence electrons. The summed E-state index contributed by atoms with van der Waals surface area (Å²) in [5.74, 6) is -0.185. The summed E-state index contributed by atoms with van der Waals surface area (Å²) < 4.78 is 5.97. The lowest BCUT2D eigenvalue weighted by atomic mass is 9.69. The van der Waals surface area contributed by atoms with Gasteiger partial charge < -0.3 is 15.8 Å². The fraction of sp³-hybridized carbons (Fsp3) is 0.909. The van der Waals surface area contributed by atoms with Crippen LogP contribution in [0, 0.1) is 11.3 Å². The van der Waals surface area contributed by atoms with Gasteiger partial charge in [0.15, 0.2) is 0 Å². The molecular formula is C11H18N2O2. The molecule has 0 aromatic carbocycles. The maximum Gasteiger partial charge on any atom is 0.222 e. The van der Waals surface area contributed by atoms with Crippen LogP contribution in [0.5, 0.6) is 0 Å². The molecule has 4 nitrogen and oxygen atoms in total. The Kier molecular flexibility index (Phi) is 2.04. The average molecular weight is 210 g/mol. The number of hydrogen-bond acceptors (Lipinski definition) is 3. The van der Waals surface area contributed by atoms with E-state index in [4.69, 9.17) is 10.5 Å². The van der Waals surface area contributed by atoms with Crippen molar-refractivity contribution in [1.82, 2.24) is 5.32 Å². The van der Waals surface area contributed by atoms with Crippen molar-refractivity contribution in [2.75, 3.05) is 13.1 Å². The summed E-state index contributed by atoms with van der Waals surface area (Å²) in [4.78, 5) is 11.5. The number of amides is 1. The monoisotopic (exact) mass is 210 g/mol. The van der Waals surface area contributed by atoms with Gasteiger partial charge in [0.2, 0.25) is 5.91 Å². The van der Waals surface area contributed by atoms with Crippen molar-refractivity contribution in [3.63, 3.8) is 0 Å². The highest BCUT2D eigenvalue weighted by Gasteiger charge is 2.56. The lowest BCUT2D eigenvalue weighted by Gasteiger charge is -2.42. The molecule has 3 fully saturated rings. The molecule has 4 unspecified atom stereocenters. The third-order valence-corrected chi connectivity index (χ3v) is 4.52. The fourth-order valence-electron chi connectivity index (χ4n) is 3.69. The van der Waals surface area contributed by atoms with Crippen LogP contribution in [0.15, 0.2) is 0 Å². The Bertz CT molecular complexity index is 294. The van der Waals surface area contributed by atoms with Crippen LogP contribution in [0.2, 0.25) is 0 Å². The van der Waals surface area contributed by atoms with Gasteiger partial charge in [-0.25, -0.2) is 0 Å². The van der Waals surface area contributed by atoms with Gasteiger partial charge in [0.25, 0.3) is 0 Å². The van der Waals surface area contributed by atoms with Crippen molar-refractivity contribution in [2.45, 2.75) is 37.9 Å². The molecule has 1 spiro atoms. The first-order valence-electron chi connectivity index (χ1n) is 5.88. The zero-order valence-corrected chi connectivity index (χ0v) is 8.87. The number of ether oxygens (including phenoxy) is 1. The van der Waals surface area contributed by atoms with Crippen LogP contribution in [0.1, 0.15) is 25.7 Å². The third-order valence-electron chi connectivity index (χ3n) is 4.52. The Balaban J connectivity index is 1.91. The Morgan fingerprint density at radius 3 is 3.07 bits per heavy atom. The van der Waals surface area contributed by atoms with Gasteiger partial charge in [-0.15, -0.1) is 0 Å². The lowest BCUT2D eigenvalue weighted by Crippen LogP contribution is -2.49. The molecule has 4 atom stereocenters. The SMILES string of the molecule is NC(=O)C1CNCC12CCC1CCC2O1. The first kappa shape index (κ1) is 9.60. The van der Waals surface area contributed by atoms with Crippen molar-refractivity contribution < 1.29 is 9.53 Å². The van der Waals surface area contributed by atoms with Gasteiger partial charge in [0.1, 0.15) is 0 Å². The van der Waals surface area contributed by atoms with E-state index in [1.807, 2.05) is 0 Å².